The fourth-order valence-corrected chi connectivity index (χ4v) is 1.55. The van der Waals surface area contributed by atoms with E-state index in [2.05, 4.69) is 20.6 Å². The Bertz CT molecular complexity index is 502. The van der Waals surface area contributed by atoms with Crippen LogP contribution in [0, 0.1) is 0 Å². The zero-order chi connectivity index (χ0) is 12.8. The van der Waals surface area contributed by atoms with Crippen LogP contribution >= 0.6 is 0 Å². The summed E-state index contributed by atoms with van der Waals surface area (Å²) in [5.74, 6) is 2.14. The quantitative estimate of drug-likeness (QED) is 0.845. The van der Waals surface area contributed by atoms with Crippen LogP contribution in [0.25, 0.3) is 0 Å². The fraction of sp³-hybridized carbons (Fsp3) is 0.231. The standard InChI is InChI=1S/C13H16N4O/c1-14-11-8-12(17-13(16-11)9-18-2)15-10-6-4-3-5-7-10/h3-8H,9H2,1-2H3,(H2,14,15,16,17). The summed E-state index contributed by atoms with van der Waals surface area (Å²) in [4.78, 5) is 8.68. The van der Waals surface area contributed by atoms with E-state index in [0.717, 1.165) is 17.3 Å². The predicted octanol–water partition coefficient (Wildman–Crippen LogP) is 2.41. The molecule has 0 radical (unpaired) electrons. The lowest BCUT2D eigenvalue weighted by Gasteiger charge is -2.09. The van der Waals surface area contributed by atoms with Gasteiger partial charge in [0, 0.05) is 25.9 Å². The normalized spacial score (nSPS) is 10.1. The van der Waals surface area contributed by atoms with Gasteiger partial charge in [-0.1, -0.05) is 18.2 Å². The SMILES string of the molecule is CNc1cc(Nc2ccccc2)nc(COC)n1. The molecule has 0 aliphatic carbocycles. The van der Waals surface area contributed by atoms with Crippen molar-refractivity contribution < 1.29 is 4.74 Å². The first-order valence-corrected chi connectivity index (χ1v) is 5.68. The van der Waals surface area contributed by atoms with Gasteiger partial charge >= 0.3 is 0 Å². The van der Waals surface area contributed by atoms with E-state index >= 15 is 0 Å². The minimum atomic E-state index is 0.388. The number of benzene rings is 1. The van der Waals surface area contributed by atoms with Gasteiger partial charge in [-0.3, -0.25) is 0 Å². The molecule has 2 aromatic rings. The minimum Gasteiger partial charge on any atom is -0.377 e. The first-order valence-electron chi connectivity index (χ1n) is 5.68. The van der Waals surface area contributed by atoms with Gasteiger partial charge in [0.25, 0.3) is 0 Å². The van der Waals surface area contributed by atoms with Crippen molar-refractivity contribution in [1.29, 1.82) is 0 Å². The van der Waals surface area contributed by atoms with Crippen molar-refractivity contribution in [2.75, 3.05) is 24.8 Å². The number of hydrogen-bond acceptors (Lipinski definition) is 5. The molecule has 2 rings (SSSR count). The van der Waals surface area contributed by atoms with Crippen molar-refractivity contribution in [2.24, 2.45) is 0 Å². The lowest BCUT2D eigenvalue weighted by atomic mass is 10.3. The molecule has 0 saturated heterocycles. The van der Waals surface area contributed by atoms with E-state index in [-0.39, 0.29) is 0 Å². The molecule has 1 aromatic carbocycles. The number of nitrogens with one attached hydrogen (secondary N) is 2. The molecule has 0 bridgehead atoms. The predicted molar refractivity (Wildman–Crippen MR) is 72.0 cm³/mol. The molecule has 0 fully saturated rings. The van der Waals surface area contributed by atoms with Crippen LogP contribution in [-0.4, -0.2) is 24.1 Å². The van der Waals surface area contributed by atoms with Crippen molar-refractivity contribution in [2.45, 2.75) is 6.61 Å². The summed E-state index contributed by atoms with van der Waals surface area (Å²) in [6.07, 6.45) is 0. The van der Waals surface area contributed by atoms with Crippen LogP contribution in [0.15, 0.2) is 36.4 Å². The summed E-state index contributed by atoms with van der Waals surface area (Å²) < 4.78 is 5.05. The Kier molecular flexibility index (Phi) is 4.09. The Morgan fingerprint density at radius 3 is 2.50 bits per heavy atom. The van der Waals surface area contributed by atoms with E-state index in [1.54, 1.807) is 7.11 Å². The molecule has 94 valence electrons. The second-order valence-corrected chi connectivity index (χ2v) is 3.73. The molecular weight excluding hydrogens is 228 g/mol. The zero-order valence-electron chi connectivity index (χ0n) is 10.5. The van der Waals surface area contributed by atoms with Gasteiger partial charge < -0.3 is 15.4 Å². The maximum atomic E-state index is 5.05. The summed E-state index contributed by atoms with van der Waals surface area (Å²) in [5, 5.41) is 6.24. The van der Waals surface area contributed by atoms with Crippen molar-refractivity contribution in [1.82, 2.24) is 9.97 Å². The molecule has 0 amide bonds. The number of methoxy groups -OCH3 is 1. The highest BCUT2D eigenvalue weighted by molar-refractivity contribution is 5.58. The number of aromatic nitrogens is 2. The molecule has 1 aromatic heterocycles. The van der Waals surface area contributed by atoms with E-state index in [4.69, 9.17) is 4.74 Å². The Morgan fingerprint density at radius 1 is 1.11 bits per heavy atom. The monoisotopic (exact) mass is 244 g/mol. The van der Waals surface area contributed by atoms with Crippen molar-refractivity contribution in [3.8, 4) is 0 Å². The van der Waals surface area contributed by atoms with Gasteiger partial charge in [-0.25, -0.2) is 9.97 Å². The second kappa shape index (κ2) is 5.97. The lowest BCUT2D eigenvalue weighted by molar-refractivity contribution is 0.178. The highest BCUT2D eigenvalue weighted by Crippen LogP contribution is 2.17. The maximum Gasteiger partial charge on any atom is 0.158 e. The highest BCUT2D eigenvalue weighted by Gasteiger charge is 2.03. The molecular formula is C13H16N4O. The first-order chi connectivity index (χ1) is 8.81. The van der Waals surface area contributed by atoms with Gasteiger partial charge in [-0.2, -0.15) is 0 Å². The summed E-state index contributed by atoms with van der Waals surface area (Å²) in [5.41, 5.74) is 0.988. The van der Waals surface area contributed by atoms with Crippen molar-refractivity contribution in [3.63, 3.8) is 0 Å². The van der Waals surface area contributed by atoms with Crippen LogP contribution in [0.1, 0.15) is 5.82 Å². The molecule has 0 unspecified atom stereocenters. The number of rotatable bonds is 5. The summed E-state index contributed by atoms with van der Waals surface area (Å²) in [6.45, 7) is 0.388. The molecule has 18 heavy (non-hydrogen) atoms. The molecule has 5 heteroatoms. The lowest BCUT2D eigenvalue weighted by Crippen LogP contribution is -2.04. The maximum absolute atomic E-state index is 5.05. The summed E-state index contributed by atoms with van der Waals surface area (Å²) >= 11 is 0. The molecule has 1 heterocycles. The molecule has 0 spiro atoms. The van der Waals surface area contributed by atoms with E-state index in [1.807, 2.05) is 43.4 Å². The van der Waals surface area contributed by atoms with E-state index in [9.17, 15) is 0 Å². The average Bonchev–Trinajstić information content (AvgIpc) is 2.40. The third-order valence-corrected chi connectivity index (χ3v) is 2.35. The Labute approximate surface area is 106 Å². The van der Waals surface area contributed by atoms with Gasteiger partial charge in [-0.05, 0) is 12.1 Å². The Balaban J connectivity index is 2.24. The molecule has 2 N–H and O–H groups in total. The second-order valence-electron chi connectivity index (χ2n) is 3.73. The zero-order valence-corrected chi connectivity index (χ0v) is 10.5. The van der Waals surface area contributed by atoms with Crippen LogP contribution in [0.3, 0.4) is 0 Å². The highest BCUT2D eigenvalue weighted by atomic mass is 16.5. The van der Waals surface area contributed by atoms with Crippen molar-refractivity contribution >= 4 is 17.3 Å². The van der Waals surface area contributed by atoms with Crippen LogP contribution < -0.4 is 10.6 Å². The molecule has 5 nitrogen and oxygen atoms in total. The minimum absolute atomic E-state index is 0.388. The van der Waals surface area contributed by atoms with Gasteiger partial charge in [0.2, 0.25) is 0 Å². The van der Waals surface area contributed by atoms with E-state index < -0.39 is 0 Å². The molecule has 0 saturated carbocycles. The molecule has 0 aliphatic rings. The summed E-state index contributed by atoms with van der Waals surface area (Å²) in [7, 11) is 3.45. The largest absolute Gasteiger partial charge is 0.377 e. The Morgan fingerprint density at radius 2 is 1.83 bits per heavy atom. The van der Waals surface area contributed by atoms with E-state index in [0.29, 0.717) is 12.4 Å². The average molecular weight is 244 g/mol. The van der Waals surface area contributed by atoms with Crippen LogP contribution in [0.2, 0.25) is 0 Å². The van der Waals surface area contributed by atoms with Gasteiger partial charge in [0.1, 0.15) is 18.2 Å². The first kappa shape index (κ1) is 12.3. The van der Waals surface area contributed by atoms with Crippen LogP contribution in [0.4, 0.5) is 17.3 Å². The number of nitrogens with zero attached hydrogens (tertiary/aromatic N) is 2. The molecule has 0 aliphatic heterocycles. The third kappa shape index (κ3) is 3.18. The summed E-state index contributed by atoms with van der Waals surface area (Å²) in [6, 6.07) is 11.7. The number of anilines is 3. The third-order valence-electron chi connectivity index (χ3n) is 2.35. The smallest absolute Gasteiger partial charge is 0.158 e. The number of ether oxygens (including phenoxy) is 1. The van der Waals surface area contributed by atoms with Crippen molar-refractivity contribution in [3.05, 3.63) is 42.2 Å². The van der Waals surface area contributed by atoms with Gasteiger partial charge in [0.15, 0.2) is 5.82 Å². The Hall–Kier alpha value is -2.14. The van der Waals surface area contributed by atoms with Crippen LogP contribution in [0.5, 0.6) is 0 Å². The van der Waals surface area contributed by atoms with Gasteiger partial charge in [0.05, 0.1) is 0 Å². The topological polar surface area (TPSA) is 59.1 Å². The van der Waals surface area contributed by atoms with E-state index in [1.165, 1.54) is 0 Å². The number of hydrogen-bond donors (Lipinski definition) is 2. The molecule has 0 atom stereocenters. The number of para-hydroxylation sites is 1. The fourth-order valence-electron chi connectivity index (χ4n) is 1.55. The van der Waals surface area contributed by atoms with Crippen LogP contribution in [-0.2, 0) is 11.3 Å². The van der Waals surface area contributed by atoms with Gasteiger partial charge in [-0.15, -0.1) is 0 Å².